The van der Waals surface area contributed by atoms with E-state index in [1.165, 1.54) is 27.6 Å². The van der Waals surface area contributed by atoms with E-state index in [4.69, 9.17) is 5.73 Å². The Bertz CT molecular complexity index is 792. The molecule has 0 aliphatic carbocycles. The molecule has 0 unspecified atom stereocenters. The normalized spacial score (nSPS) is 13.7. The lowest BCUT2D eigenvalue weighted by Gasteiger charge is -2.18. The van der Waals surface area contributed by atoms with Crippen LogP contribution in [0, 0.1) is 0 Å². The van der Waals surface area contributed by atoms with E-state index in [1.807, 2.05) is 6.07 Å². The van der Waals surface area contributed by atoms with Crippen LogP contribution in [0.2, 0.25) is 0 Å². The van der Waals surface area contributed by atoms with E-state index in [9.17, 15) is 0 Å². The molecule has 2 N–H and O–H groups in total. The maximum atomic E-state index is 5.87. The van der Waals surface area contributed by atoms with Gasteiger partial charge in [-0.15, -0.1) is 0 Å². The van der Waals surface area contributed by atoms with Crippen LogP contribution in [0.1, 0.15) is 11.1 Å². The van der Waals surface area contributed by atoms with Crippen LogP contribution in [-0.2, 0) is 13.1 Å². The van der Waals surface area contributed by atoms with Crippen molar-refractivity contribution in [3.05, 3.63) is 71.8 Å². The number of nitrogens with two attached hydrogens (primary N) is 1. The van der Waals surface area contributed by atoms with Gasteiger partial charge in [-0.05, 0) is 46.2 Å². The van der Waals surface area contributed by atoms with Gasteiger partial charge in [0.2, 0.25) is 0 Å². The minimum atomic E-state index is 0.851. The van der Waals surface area contributed by atoms with E-state index < -0.39 is 0 Å². The Kier molecular flexibility index (Phi) is 2.43. The molecule has 0 spiro atoms. The topological polar surface area (TPSA) is 29.3 Å². The molecule has 4 rings (SSSR count). The molecule has 1 heterocycles. The molecule has 0 saturated heterocycles. The van der Waals surface area contributed by atoms with Crippen LogP contribution in [0.3, 0.4) is 0 Å². The number of hydrogen-bond acceptors (Lipinski definition) is 2. The van der Waals surface area contributed by atoms with Crippen LogP contribution < -0.4 is 10.6 Å². The zero-order valence-corrected chi connectivity index (χ0v) is 11.2. The van der Waals surface area contributed by atoms with Crippen molar-refractivity contribution in [3.63, 3.8) is 0 Å². The number of fused-ring (bicyclic) bond motifs is 2. The highest BCUT2D eigenvalue weighted by atomic mass is 15.1. The van der Waals surface area contributed by atoms with Crippen molar-refractivity contribution in [2.75, 3.05) is 10.6 Å². The Labute approximate surface area is 118 Å². The zero-order chi connectivity index (χ0) is 13.5. The zero-order valence-electron chi connectivity index (χ0n) is 11.2. The van der Waals surface area contributed by atoms with Gasteiger partial charge in [0.05, 0.1) is 0 Å². The molecular weight excluding hydrogens is 244 g/mol. The standard InChI is InChI=1S/C18H16N2/c19-17-7-5-15-11-20(12-16(15)9-17)18-8-6-13-3-1-2-4-14(13)10-18/h1-10H,11-12,19H2. The number of anilines is 2. The van der Waals surface area contributed by atoms with Crippen molar-refractivity contribution in [1.82, 2.24) is 0 Å². The molecule has 2 nitrogen and oxygen atoms in total. The smallest absolute Gasteiger partial charge is 0.0437 e. The summed E-state index contributed by atoms with van der Waals surface area (Å²) in [5, 5.41) is 2.58. The molecule has 1 aliphatic rings. The molecule has 2 heteroatoms. The molecular formula is C18H16N2. The van der Waals surface area contributed by atoms with E-state index in [2.05, 4.69) is 59.5 Å². The molecule has 0 radical (unpaired) electrons. The van der Waals surface area contributed by atoms with Gasteiger partial charge in [0.25, 0.3) is 0 Å². The first-order chi connectivity index (χ1) is 9.79. The average molecular weight is 260 g/mol. The third-order valence-electron chi connectivity index (χ3n) is 4.05. The van der Waals surface area contributed by atoms with E-state index in [-0.39, 0.29) is 0 Å². The highest BCUT2D eigenvalue weighted by Crippen LogP contribution is 2.31. The van der Waals surface area contributed by atoms with E-state index in [0.717, 1.165) is 18.8 Å². The fourth-order valence-corrected chi connectivity index (χ4v) is 2.97. The first-order valence-electron chi connectivity index (χ1n) is 6.91. The maximum Gasteiger partial charge on any atom is 0.0437 e. The molecule has 0 saturated carbocycles. The fourth-order valence-electron chi connectivity index (χ4n) is 2.97. The lowest BCUT2D eigenvalue weighted by Crippen LogP contribution is -2.14. The second kappa shape index (κ2) is 4.27. The van der Waals surface area contributed by atoms with Gasteiger partial charge in [-0.1, -0.05) is 36.4 Å². The van der Waals surface area contributed by atoms with Gasteiger partial charge in [-0.25, -0.2) is 0 Å². The van der Waals surface area contributed by atoms with Crippen LogP contribution in [-0.4, -0.2) is 0 Å². The molecule has 20 heavy (non-hydrogen) atoms. The minimum absolute atomic E-state index is 0.851. The Morgan fingerprint density at radius 3 is 2.45 bits per heavy atom. The van der Waals surface area contributed by atoms with Gasteiger partial charge in [-0.3, -0.25) is 0 Å². The van der Waals surface area contributed by atoms with Gasteiger partial charge in [0.1, 0.15) is 0 Å². The predicted molar refractivity (Wildman–Crippen MR) is 84.7 cm³/mol. The average Bonchev–Trinajstić information content (AvgIpc) is 2.89. The summed E-state index contributed by atoms with van der Waals surface area (Å²) in [5.41, 5.74) is 10.7. The van der Waals surface area contributed by atoms with Crippen LogP contribution in [0.15, 0.2) is 60.7 Å². The molecule has 0 fully saturated rings. The van der Waals surface area contributed by atoms with Gasteiger partial charge in [0, 0.05) is 24.5 Å². The van der Waals surface area contributed by atoms with Crippen molar-refractivity contribution < 1.29 is 0 Å². The second-order valence-corrected chi connectivity index (χ2v) is 5.42. The summed E-state index contributed by atoms with van der Waals surface area (Å²) >= 11 is 0. The molecule has 3 aromatic rings. The van der Waals surface area contributed by atoms with Gasteiger partial charge in [-0.2, -0.15) is 0 Å². The van der Waals surface area contributed by atoms with Crippen molar-refractivity contribution in [1.29, 1.82) is 0 Å². The van der Waals surface area contributed by atoms with Crippen molar-refractivity contribution in [3.8, 4) is 0 Å². The Balaban J connectivity index is 1.71. The summed E-state index contributed by atoms with van der Waals surface area (Å²) in [6.45, 7) is 1.91. The van der Waals surface area contributed by atoms with Crippen molar-refractivity contribution >= 4 is 22.1 Å². The summed E-state index contributed by atoms with van der Waals surface area (Å²) in [6, 6.07) is 21.4. The Morgan fingerprint density at radius 2 is 1.55 bits per heavy atom. The quantitative estimate of drug-likeness (QED) is 0.671. The van der Waals surface area contributed by atoms with E-state index in [1.54, 1.807) is 0 Å². The summed E-state index contributed by atoms with van der Waals surface area (Å²) < 4.78 is 0. The number of benzene rings is 3. The van der Waals surface area contributed by atoms with E-state index >= 15 is 0 Å². The van der Waals surface area contributed by atoms with Gasteiger partial charge in [0.15, 0.2) is 0 Å². The molecule has 0 atom stereocenters. The molecule has 1 aliphatic heterocycles. The van der Waals surface area contributed by atoms with Crippen LogP contribution >= 0.6 is 0 Å². The van der Waals surface area contributed by atoms with Gasteiger partial charge < -0.3 is 10.6 Å². The summed E-state index contributed by atoms with van der Waals surface area (Å²) in [6.07, 6.45) is 0. The first kappa shape index (κ1) is 11.4. The maximum absolute atomic E-state index is 5.87. The third kappa shape index (κ3) is 1.81. The molecule has 0 amide bonds. The van der Waals surface area contributed by atoms with Crippen LogP contribution in [0.4, 0.5) is 11.4 Å². The van der Waals surface area contributed by atoms with Crippen molar-refractivity contribution in [2.24, 2.45) is 0 Å². The highest BCUT2D eigenvalue weighted by molar-refractivity contribution is 5.86. The summed E-state index contributed by atoms with van der Waals surface area (Å²) in [7, 11) is 0. The van der Waals surface area contributed by atoms with E-state index in [0.29, 0.717) is 0 Å². The first-order valence-corrected chi connectivity index (χ1v) is 6.91. The number of hydrogen-bond donors (Lipinski definition) is 1. The predicted octanol–water partition coefficient (Wildman–Crippen LogP) is 3.94. The molecule has 0 aromatic heterocycles. The Hall–Kier alpha value is -2.48. The summed E-state index contributed by atoms with van der Waals surface area (Å²) in [4.78, 5) is 2.40. The largest absolute Gasteiger partial charge is 0.399 e. The lowest BCUT2D eigenvalue weighted by atomic mass is 10.1. The van der Waals surface area contributed by atoms with Crippen LogP contribution in [0.25, 0.3) is 10.8 Å². The number of rotatable bonds is 1. The fraction of sp³-hybridized carbons (Fsp3) is 0.111. The molecule has 98 valence electrons. The Morgan fingerprint density at radius 1 is 0.750 bits per heavy atom. The third-order valence-corrected chi connectivity index (χ3v) is 4.05. The lowest BCUT2D eigenvalue weighted by molar-refractivity contribution is 0.882. The van der Waals surface area contributed by atoms with Crippen LogP contribution in [0.5, 0.6) is 0 Å². The SMILES string of the molecule is Nc1ccc2c(c1)CN(c1ccc3ccccc3c1)C2. The molecule has 3 aromatic carbocycles. The number of nitrogen functional groups attached to an aromatic ring is 1. The van der Waals surface area contributed by atoms with Gasteiger partial charge >= 0.3 is 0 Å². The van der Waals surface area contributed by atoms with Crippen molar-refractivity contribution in [2.45, 2.75) is 13.1 Å². The highest BCUT2D eigenvalue weighted by Gasteiger charge is 2.19. The monoisotopic (exact) mass is 260 g/mol. The second-order valence-electron chi connectivity index (χ2n) is 5.42. The molecule has 0 bridgehead atoms. The number of nitrogens with zero attached hydrogens (tertiary/aromatic N) is 1. The minimum Gasteiger partial charge on any atom is -0.399 e. The summed E-state index contributed by atoms with van der Waals surface area (Å²) in [5.74, 6) is 0.